The molecule has 0 unspecified atom stereocenters. The summed E-state index contributed by atoms with van der Waals surface area (Å²) in [7, 11) is 0. The first-order chi connectivity index (χ1) is 5.42. The van der Waals surface area contributed by atoms with Crippen molar-refractivity contribution in [1.29, 1.82) is 0 Å². The van der Waals surface area contributed by atoms with Crippen LogP contribution in [0.25, 0.3) is 0 Å². The van der Waals surface area contributed by atoms with Gasteiger partial charge in [-0.3, -0.25) is 0 Å². The van der Waals surface area contributed by atoms with E-state index in [0.717, 1.165) is 19.9 Å². The molecule has 0 bridgehead atoms. The SMILES string of the molecule is CC(C)NCCCCC(C)(F)F. The summed E-state index contributed by atoms with van der Waals surface area (Å²) in [5.74, 6) is -2.49. The maximum absolute atomic E-state index is 12.3. The number of nitrogens with one attached hydrogen (secondary N) is 1. The minimum Gasteiger partial charge on any atom is -0.315 e. The molecule has 3 heteroatoms. The van der Waals surface area contributed by atoms with Crippen molar-refractivity contribution in [2.75, 3.05) is 6.54 Å². The van der Waals surface area contributed by atoms with E-state index in [-0.39, 0.29) is 6.42 Å². The quantitative estimate of drug-likeness (QED) is 0.618. The highest BCUT2D eigenvalue weighted by molar-refractivity contribution is 4.59. The lowest BCUT2D eigenvalue weighted by Crippen LogP contribution is -2.23. The first kappa shape index (κ1) is 11.8. The third-order valence-electron chi connectivity index (χ3n) is 1.60. The normalized spacial score (nSPS) is 12.5. The zero-order valence-electron chi connectivity index (χ0n) is 8.16. The van der Waals surface area contributed by atoms with Crippen molar-refractivity contribution < 1.29 is 8.78 Å². The molecule has 0 aromatic rings. The Bertz CT molecular complexity index is 108. The lowest BCUT2D eigenvalue weighted by atomic mass is 10.1. The van der Waals surface area contributed by atoms with E-state index in [1.165, 1.54) is 0 Å². The zero-order valence-corrected chi connectivity index (χ0v) is 8.16. The summed E-state index contributed by atoms with van der Waals surface area (Å²) in [4.78, 5) is 0. The Labute approximate surface area is 73.5 Å². The fourth-order valence-electron chi connectivity index (χ4n) is 0.951. The molecule has 0 heterocycles. The number of halogens is 2. The van der Waals surface area contributed by atoms with Crippen molar-refractivity contribution in [3.05, 3.63) is 0 Å². The summed E-state index contributed by atoms with van der Waals surface area (Å²) in [6.45, 7) is 5.92. The van der Waals surface area contributed by atoms with E-state index in [4.69, 9.17) is 0 Å². The smallest absolute Gasteiger partial charge is 0.245 e. The van der Waals surface area contributed by atoms with E-state index in [0.29, 0.717) is 12.5 Å². The molecule has 0 atom stereocenters. The van der Waals surface area contributed by atoms with Crippen molar-refractivity contribution in [3.8, 4) is 0 Å². The highest BCUT2D eigenvalue weighted by Gasteiger charge is 2.19. The fourth-order valence-corrected chi connectivity index (χ4v) is 0.951. The molecule has 0 aliphatic heterocycles. The summed E-state index contributed by atoms with van der Waals surface area (Å²) in [6, 6.07) is 0.451. The van der Waals surface area contributed by atoms with Crippen LogP contribution in [0.2, 0.25) is 0 Å². The van der Waals surface area contributed by atoms with Crippen molar-refractivity contribution in [2.45, 2.75) is 52.0 Å². The summed E-state index contributed by atoms with van der Waals surface area (Å²) in [6.07, 6.45) is 1.44. The molecule has 0 spiro atoms. The van der Waals surface area contributed by atoms with Crippen molar-refractivity contribution >= 4 is 0 Å². The molecule has 0 amide bonds. The van der Waals surface area contributed by atoms with Gasteiger partial charge >= 0.3 is 0 Å². The molecule has 74 valence electrons. The van der Waals surface area contributed by atoms with Crippen LogP contribution in [0, 0.1) is 0 Å². The molecule has 12 heavy (non-hydrogen) atoms. The molecule has 1 N–H and O–H groups in total. The number of hydrogen-bond acceptors (Lipinski definition) is 1. The Hall–Kier alpha value is -0.180. The molecule has 0 saturated heterocycles. The van der Waals surface area contributed by atoms with Crippen LogP contribution in [-0.4, -0.2) is 18.5 Å². The zero-order chi connectivity index (χ0) is 9.61. The largest absolute Gasteiger partial charge is 0.315 e. The Balaban J connectivity index is 3.12. The molecule has 0 aliphatic carbocycles. The lowest BCUT2D eigenvalue weighted by molar-refractivity contribution is 0.0105. The molecule has 0 radical (unpaired) electrons. The summed E-state index contributed by atoms with van der Waals surface area (Å²) in [5, 5.41) is 3.19. The number of hydrogen-bond donors (Lipinski definition) is 1. The van der Waals surface area contributed by atoms with Crippen LogP contribution in [0.15, 0.2) is 0 Å². The third-order valence-corrected chi connectivity index (χ3v) is 1.60. The highest BCUT2D eigenvalue weighted by Crippen LogP contribution is 2.19. The molecule has 0 fully saturated rings. The molecule has 0 aromatic heterocycles. The monoisotopic (exact) mass is 179 g/mol. The van der Waals surface area contributed by atoms with Gasteiger partial charge in [-0.2, -0.15) is 0 Å². The van der Waals surface area contributed by atoms with Gasteiger partial charge < -0.3 is 5.32 Å². The van der Waals surface area contributed by atoms with E-state index in [9.17, 15) is 8.78 Å². The molecular weight excluding hydrogens is 160 g/mol. The average Bonchev–Trinajstić information content (AvgIpc) is 1.83. The fraction of sp³-hybridized carbons (Fsp3) is 1.00. The number of alkyl halides is 2. The lowest BCUT2D eigenvalue weighted by Gasteiger charge is -2.10. The van der Waals surface area contributed by atoms with Crippen LogP contribution >= 0.6 is 0 Å². The van der Waals surface area contributed by atoms with Gasteiger partial charge in [0, 0.05) is 12.5 Å². The first-order valence-corrected chi connectivity index (χ1v) is 4.53. The number of rotatable bonds is 6. The van der Waals surface area contributed by atoms with Gasteiger partial charge in [-0.15, -0.1) is 0 Å². The van der Waals surface area contributed by atoms with Crippen molar-refractivity contribution in [3.63, 3.8) is 0 Å². The van der Waals surface area contributed by atoms with Gasteiger partial charge in [0.1, 0.15) is 0 Å². The van der Waals surface area contributed by atoms with Gasteiger partial charge in [-0.05, 0) is 26.3 Å². The minimum atomic E-state index is -2.49. The maximum Gasteiger partial charge on any atom is 0.245 e. The second-order valence-electron chi connectivity index (χ2n) is 3.64. The Morgan fingerprint density at radius 3 is 2.25 bits per heavy atom. The van der Waals surface area contributed by atoms with Crippen LogP contribution in [0.1, 0.15) is 40.0 Å². The van der Waals surface area contributed by atoms with Crippen molar-refractivity contribution in [1.82, 2.24) is 5.32 Å². The first-order valence-electron chi connectivity index (χ1n) is 4.53. The van der Waals surface area contributed by atoms with Crippen LogP contribution in [-0.2, 0) is 0 Å². The second-order valence-corrected chi connectivity index (χ2v) is 3.64. The third kappa shape index (κ3) is 9.82. The standard InChI is InChI=1S/C9H19F2N/c1-8(2)12-7-5-4-6-9(3,10)11/h8,12H,4-7H2,1-3H3. The Kier molecular flexibility index (Phi) is 5.38. The van der Waals surface area contributed by atoms with Gasteiger partial charge in [0.2, 0.25) is 5.92 Å². The summed E-state index contributed by atoms with van der Waals surface area (Å²) in [5.41, 5.74) is 0. The predicted molar refractivity (Wildman–Crippen MR) is 47.6 cm³/mol. The summed E-state index contributed by atoms with van der Waals surface area (Å²) < 4.78 is 24.6. The molecule has 0 rings (SSSR count). The van der Waals surface area contributed by atoms with Gasteiger partial charge in [-0.1, -0.05) is 13.8 Å². The van der Waals surface area contributed by atoms with Crippen LogP contribution in [0.4, 0.5) is 8.78 Å². The van der Waals surface area contributed by atoms with E-state index in [1.807, 2.05) is 0 Å². The topological polar surface area (TPSA) is 12.0 Å². The molecule has 0 aromatic carbocycles. The van der Waals surface area contributed by atoms with Gasteiger partial charge in [0.15, 0.2) is 0 Å². The summed E-state index contributed by atoms with van der Waals surface area (Å²) >= 11 is 0. The Morgan fingerprint density at radius 2 is 1.83 bits per heavy atom. The van der Waals surface area contributed by atoms with Crippen molar-refractivity contribution in [2.24, 2.45) is 0 Å². The van der Waals surface area contributed by atoms with E-state index < -0.39 is 5.92 Å². The number of unbranched alkanes of at least 4 members (excludes halogenated alkanes) is 1. The van der Waals surface area contributed by atoms with E-state index in [2.05, 4.69) is 19.2 Å². The second kappa shape index (κ2) is 5.46. The van der Waals surface area contributed by atoms with Crippen LogP contribution in [0.3, 0.4) is 0 Å². The average molecular weight is 179 g/mol. The van der Waals surface area contributed by atoms with Crippen LogP contribution < -0.4 is 5.32 Å². The molecule has 0 aliphatic rings. The molecule has 0 saturated carbocycles. The molecular formula is C9H19F2N. The maximum atomic E-state index is 12.3. The van der Waals surface area contributed by atoms with Gasteiger partial charge in [-0.25, -0.2) is 8.78 Å². The molecule has 1 nitrogen and oxygen atoms in total. The Morgan fingerprint density at radius 1 is 1.25 bits per heavy atom. The van der Waals surface area contributed by atoms with Gasteiger partial charge in [0.25, 0.3) is 0 Å². The van der Waals surface area contributed by atoms with E-state index >= 15 is 0 Å². The predicted octanol–water partition coefficient (Wildman–Crippen LogP) is 2.81. The highest BCUT2D eigenvalue weighted by atomic mass is 19.3. The van der Waals surface area contributed by atoms with E-state index in [1.54, 1.807) is 0 Å². The van der Waals surface area contributed by atoms with Crippen LogP contribution in [0.5, 0.6) is 0 Å². The minimum absolute atomic E-state index is 0.00672. The van der Waals surface area contributed by atoms with Gasteiger partial charge in [0.05, 0.1) is 0 Å².